The Morgan fingerprint density at radius 2 is 1.82 bits per heavy atom. The molecule has 1 amide bonds. The molecule has 0 saturated heterocycles. The number of benzene rings is 2. The second-order valence-corrected chi connectivity index (χ2v) is 11.9. The van der Waals surface area contributed by atoms with Gasteiger partial charge in [-0.3, -0.25) is 14.4 Å². The zero-order valence-corrected chi connectivity index (χ0v) is 24.2. The number of anilines is 1. The van der Waals surface area contributed by atoms with Crippen molar-refractivity contribution in [3.63, 3.8) is 0 Å². The molecular weight excluding hydrogens is 516 g/mol. The first-order valence-corrected chi connectivity index (χ1v) is 14.8. The van der Waals surface area contributed by atoms with Gasteiger partial charge in [0.1, 0.15) is 5.76 Å². The minimum atomic E-state index is -3.97. The second kappa shape index (κ2) is 11.9. The molecule has 1 aliphatic rings. The molecule has 0 atom stereocenters. The standard InChI is InChI=1S/C29H38N4O5S/c1-6-37-19-23-17-22(18-30-28(34)29(33(4)5)15-9-10-16-29)13-14-24(23)25-11-7-8-12-26(25)39(35,36)32-27-20(2)21(3)38-31-27/h7-8,11-14,17H,6,9-10,15-16,18-19H2,1-5H3,(H,30,34)(H,31,32). The van der Waals surface area contributed by atoms with Gasteiger partial charge < -0.3 is 14.6 Å². The molecule has 1 fully saturated rings. The number of rotatable bonds is 11. The molecule has 1 aliphatic carbocycles. The van der Waals surface area contributed by atoms with Gasteiger partial charge in [-0.15, -0.1) is 0 Å². The Morgan fingerprint density at radius 1 is 1.10 bits per heavy atom. The third-order valence-corrected chi connectivity index (χ3v) is 9.05. The van der Waals surface area contributed by atoms with Gasteiger partial charge in [-0.25, -0.2) is 8.42 Å². The number of ether oxygens (including phenoxy) is 1. The van der Waals surface area contributed by atoms with Gasteiger partial charge in [0.15, 0.2) is 5.82 Å². The number of nitrogens with zero attached hydrogens (tertiary/aromatic N) is 2. The molecule has 0 aliphatic heterocycles. The zero-order chi connectivity index (χ0) is 28.2. The highest BCUT2D eigenvalue weighted by Gasteiger charge is 2.42. The summed E-state index contributed by atoms with van der Waals surface area (Å²) >= 11 is 0. The van der Waals surface area contributed by atoms with Gasteiger partial charge in [-0.2, -0.15) is 0 Å². The van der Waals surface area contributed by atoms with Gasteiger partial charge >= 0.3 is 0 Å². The van der Waals surface area contributed by atoms with Crippen molar-refractivity contribution < 1.29 is 22.5 Å². The Labute approximate surface area is 231 Å². The topological polar surface area (TPSA) is 114 Å². The first-order valence-electron chi connectivity index (χ1n) is 13.3. The monoisotopic (exact) mass is 554 g/mol. The summed E-state index contributed by atoms with van der Waals surface area (Å²) in [6.45, 7) is 6.58. The first-order chi connectivity index (χ1) is 18.6. The van der Waals surface area contributed by atoms with E-state index in [0.717, 1.165) is 42.4 Å². The number of aryl methyl sites for hydroxylation is 1. The molecule has 0 spiro atoms. The van der Waals surface area contributed by atoms with Crippen LogP contribution in [0.4, 0.5) is 5.82 Å². The quantitative estimate of drug-likeness (QED) is 0.350. The van der Waals surface area contributed by atoms with E-state index in [1.807, 2.05) is 44.1 Å². The average molecular weight is 555 g/mol. The van der Waals surface area contributed by atoms with Crippen molar-refractivity contribution >= 4 is 21.7 Å². The Balaban J connectivity index is 1.64. The van der Waals surface area contributed by atoms with E-state index >= 15 is 0 Å². The van der Waals surface area contributed by atoms with Gasteiger partial charge in [0.05, 0.1) is 17.0 Å². The Kier molecular flexibility index (Phi) is 8.78. The fourth-order valence-corrected chi connectivity index (χ4v) is 6.43. The van der Waals surface area contributed by atoms with Crippen LogP contribution in [0.3, 0.4) is 0 Å². The van der Waals surface area contributed by atoms with Crippen molar-refractivity contribution in [1.82, 2.24) is 15.4 Å². The highest BCUT2D eigenvalue weighted by atomic mass is 32.2. The minimum absolute atomic E-state index is 0.0429. The van der Waals surface area contributed by atoms with E-state index in [1.165, 1.54) is 0 Å². The number of sulfonamides is 1. The number of hydrogen-bond donors (Lipinski definition) is 2. The molecule has 2 N–H and O–H groups in total. The summed E-state index contributed by atoms with van der Waals surface area (Å²) in [5, 5.41) is 6.99. The number of carbonyl (C=O) groups excluding carboxylic acids is 1. The number of amides is 1. The third kappa shape index (κ3) is 6.03. The van der Waals surface area contributed by atoms with Crippen molar-refractivity contribution in [2.45, 2.75) is 70.0 Å². The lowest BCUT2D eigenvalue weighted by Gasteiger charge is -2.34. The lowest BCUT2D eigenvalue weighted by Crippen LogP contribution is -2.54. The van der Waals surface area contributed by atoms with Gasteiger partial charge in [-0.1, -0.05) is 54.4 Å². The zero-order valence-electron chi connectivity index (χ0n) is 23.3. The molecule has 10 heteroatoms. The van der Waals surface area contributed by atoms with E-state index in [0.29, 0.717) is 36.6 Å². The second-order valence-electron chi connectivity index (χ2n) is 10.3. The smallest absolute Gasteiger partial charge is 0.263 e. The van der Waals surface area contributed by atoms with Gasteiger partial charge in [-0.05, 0) is 70.5 Å². The Morgan fingerprint density at radius 3 is 2.46 bits per heavy atom. The summed E-state index contributed by atoms with van der Waals surface area (Å²) in [6.07, 6.45) is 3.80. The Bertz CT molecular complexity index is 1430. The van der Waals surface area contributed by atoms with E-state index in [9.17, 15) is 13.2 Å². The largest absolute Gasteiger partial charge is 0.377 e. The van der Waals surface area contributed by atoms with Gasteiger partial charge in [0, 0.05) is 24.3 Å². The lowest BCUT2D eigenvalue weighted by atomic mass is 9.94. The van der Waals surface area contributed by atoms with Crippen LogP contribution in [-0.2, 0) is 32.7 Å². The molecule has 1 saturated carbocycles. The predicted octanol–water partition coefficient (Wildman–Crippen LogP) is 4.79. The molecule has 9 nitrogen and oxygen atoms in total. The van der Waals surface area contributed by atoms with E-state index in [2.05, 4.69) is 15.2 Å². The van der Waals surface area contributed by atoms with Crippen LogP contribution in [0.15, 0.2) is 51.9 Å². The maximum Gasteiger partial charge on any atom is 0.263 e. The van der Waals surface area contributed by atoms with Crippen molar-refractivity contribution in [3.05, 3.63) is 64.9 Å². The molecule has 1 heterocycles. The molecule has 4 rings (SSSR count). The molecule has 0 radical (unpaired) electrons. The van der Waals surface area contributed by atoms with Crippen LogP contribution in [0.1, 0.15) is 55.1 Å². The van der Waals surface area contributed by atoms with E-state index in [4.69, 9.17) is 9.26 Å². The van der Waals surface area contributed by atoms with E-state index in [1.54, 1.807) is 38.1 Å². The Hall–Kier alpha value is -3.21. The van der Waals surface area contributed by atoms with Gasteiger partial charge in [0.2, 0.25) is 5.91 Å². The molecule has 210 valence electrons. The summed E-state index contributed by atoms with van der Waals surface area (Å²) in [6, 6.07) is 12.6. The van der Waals surface area contributed by atoms with E-state index < -0.39 is 15.6 Å². The summed E-state index contributed by atoms with van der Waals surface area (Å²) < 4.78 is 40.4. The van der Waals surface area contributed by atoms with Crippen molar-refractivity contribution in [2.75, 3.05) is 25.4 Å². The maximum atomic E-state index is 13.5. The van der Waals surface area contributed by atoms with Crippen LogP contribution in [0.25, 0.3) is 11.1 Å². The van der Waals surface area contributed by atoms with Gasteiger partial charge in [0.25, 0.3) is 10.0 Å². The minimum Gasteiger partial charge on any atom is -0.377 e. The lowest BCUT2D eigenvalue weighted by molar-refractivity contribution is -0.132. The number of carbonyl (C=O) groups is 1. The van der Waals surface area contributed by atoms with Crippen molar-refractivity contribution in [1.29, 1.82) is 0 Å². The van der Waals surface area contributed by atoms with Crippen LogP contribution >= 0.6 is 0 Å². The highest BCUT2D eigenvalue weighted by Crippen LogP contribution is 2.35. The third-order valence-electron chi connectivity index (χ3n) is 7.65. The number of aromatic nitrogens is 1. The maximum absolute atomic E-state index is 13.5. The summed E-state index contributed by atoms with van der Waals surface area (Å²) in [4.78, 5) is 15.4. The predicted molar refractivity (Wildman–Crippen MR) is 151 cm³/mol. The normalized spacial score (nSPS) is 15.0. The number of nitrogens with one attached hydrogen (secondary N) is 2. The molecule has 1 aromatic heterocycles. The summed E-state index contributed by atoms with van der Waals surface area (Å²) in [7, 11) is -0.0424. The van der Waals surface area contributed by atoms with Crippen LogP contribution < -0.4 is 10.0 Å². The molecular formula is C29H38N4O5S. The summed E-state index contributed by atoms with van der Waals surface area (Å²) in [5.74, 6) is 0.758. The average Bonchev–Trinajstić information content (AvgIpc) is 3.54. The SMILES string of the molecule is CCOCc1cc(CNC(=O)C2(N(C)C)CCCC2)ccc1-c1ccccc1S(=O)(=O)Nc1noc(C)c1C. The molecule has 0 bridgehead atoms. The first kappa shape index (κ1) is 28.8. The number of likely N-dealkylation sites (N-methyl/N-ethyl adjacent to an activating group) is 1. The molecule has 2 aromatic carbocycles. The molecule has 0 unspecified atom stereocenters. The van der Waals surface area contributed by atoms with Crippen LogP contribution in [-0.4, -0.2) is 50.6 Å². The van der Waals surface area contributed by atoms with E-state index in [-0.39, 0.29) is 16.6 Å². The molecule has 3 aromatic rings. The molecule has 39 heavy (non-hydrogen) atoms. The van der Waals surface area contributed by atoms with Crippen molar-refractivity contribution in [2.24, 2.45) is 0 Å². The summed E-state index contributed by atoms with van der Waals surface area (Å²) in [5.41, 5.74) is 3.21. The van der Waals surface area contributed by atoms with Crippen LogP contribution in [0.5, 0.6) is 0 Å². The van der Waals surface area contributed by atoms with Crippen molar-refractivity contribution in [3.8, 4) is 11.1 Å². The fraction of sp³-hybridized carbons (Fsp3) is 0.448. The number of hydrogen-bond acceptors (Lipinski definition) is 7. The highest BCUT2D eigenvalue weighted by molar-refractivity contribution is 7.92. The van der Waals surface area contributed by atoms with Crippen LogP contribution in [0, 0.1) is 13.8 Å². The fourth-order valence-electron chi connectivity index (χ4n) is 5.15. The van der Waals surface area contributed by atoms with Crippen LogP contribution in [0.2, 0.25) is 0 Å².